The zero-order valence-corrected chi connectivity index (χ0v) is 16.5. The lowest BCUT2D eigenvalue weighted by Gasteiger charge is -2.39. The molecule has 1 fully saturated rings. The number of aryl methyl sites for hydroxylation is 1. The van der Waals surface area contributed by atoms with Gasteiger partial charge in [-0.05, 0) is 44.9 Å². The summed E-state index contributed by atoms with van der Waals surface area (Å²) in [6.45, 7) is 3.39. The number of aromatic nitrogens is 2. The third-order valence-electron chi connectivity index (χ3n) is 5.03. The number of carbonyl (C=O) groups excluding carboxylic acids is 1. The van der Waals surface area contributed by atoms with Crippen LogP contribution in [0.5, 0.6) is 0 Å². The van der Waals surface area contributed by atoms with E-state index < -0.39 is 27.8 Å². The molecule has 4 rings (SSSR count). The molecule has 1 aliphatic heterocycles. The van der Waals surface area contributed by atoms with Crippen molar-refractivity contribution in [3.8, 4) is 0 Å². The molecular formula is C17H21N5O5S. The third-order valence-corrected chi connectivity index (χ3v) is 6.67. The van der Waals surface area contributed by atoms with Gasteiger partial charge in [0.2, 0.25) is 22.3 Å². The van der Waals surface area contributed by atoms with E-state index in [1.165, 1.54) is 23.1 Å². The number of fused-ring (bicyclic) bond motifs is 1. The van der Waals surface area contributed by atoms with Crippen molar-refractivity contribution in [2.75, 3.05) is 11.9 Å². The van der Waals surface area contributed by atoms with Crippen molar-refractivity contribution in [1.82, 2.24) is 19.8 Å². The molecule has 2 heterocycles. The zero-order chi connectivity index (χ0) is 20.3. The van der Waals surface area contributed by atoms with Crippen LogP contribution in [0.3, 0.4) is 0 Å². The Morgan fingerprint density at radius 2 is 2.11 bits per heavy atom. The predicted octanol–water partition coefficient (Wildman–Crippen LogP) is 0.577. The molecule has 2 aromatic rings. The van der Waals surface area contributed by atoms with Crippen molar-refractivity contribution >= 4 is 21.6 Å². The van der Waals surface area contributed by atoms with Gasteiger partial charge >= 0.3 is 0 Å². The normalized spacial score (nSPS) is 21.0. The first kappa shape index (κ1) is 18.8. The number of carbonyl (C=O) groups is 1. The molecule has 1 aromatic carbocycles. The molecular weight excluding hydrogens is 386 g/mol. The topological polar surface area (TPSA) is 129 Å². The average Bonchev–Trinajstić information content (AvgIpc) is 3.20. The van der Waals surface area contributed by atoms with E-state index in [-0.39, 0.29) is 22.9 Å². The Bertz CT molecular complexity index is 1050. The Kier molecular flexibility index (Phi) is 4.21. The molecule has 2 aliphatic rings. The average molecular weight is 407 g/mol. The van der Waals surface area contributed by atoms with Gasteiger partial charge in [0.05, 0.1) is 16.1 Å². The molecule has 1 unspecified atom stereocenters. The monoisotopic (exact) mass is 407 g/mol. The minimum atomic E-state index is -3.76. The Hall–Kier alpha value is -2.50. The van der Waals surface area contributed by atoms with E-state index >= 15 is 0 Å². The van der Waals surface area contributed by atoms with E-state index in [0.717, 1.165) is 17.7 Å². The number of aliphatic hydroxyl groups excluding tert-OH is 1. The number of benzene rings is 1. The fraction of sp³-hybridized carbons (Fsp3) is 0.471. The lowest BCUT2D eigenvalue weighted by Crippen LogP contribution is -2.53. The van der Waals surface area contributed by atoms with Crippen molar-refractivity contribution < 1.29 is 22.8 Å². The van der Waals surface area contributed by atoms with Crippen LogP contribution in [-0.2, 0) is 16.6 Å². The molecule has 1 aliphatic carbocycles. The zero-order valence-electron chi connectivity index (χ0n) is 15.7. The summed E-state index contributed by atoms with van der Waals surface area (Å²) in [7, 11) is -2.15. The molecule has 10 nitrogen and oxygen atoms in total. The summed E-state index contributed by atoms with van der Waals surface area (Å²) < 4.78 is 33.0. The van der Waals surface area contributed by atoms with E-state index in [0.29, 0.717) is 11.5 Å². The van der Waals surface area contributed by atoms with Crippen LogP contribution < -0.4 is 9.62 Å². The molecule has 150 valence electrons. The summed E-state index contributed by atoms with van der Waals surface area (Å²) in [5.41, 5.74) is 0.188. The van der Waals surface area contributed by atoms with Gasteiger partial charge in [0, 0.05) is 12.6 Å². The molecule has 2 N–H and O–H groups in total. The number of hydrogen-bond acceptors (Lipinski definition) is 8. The van der Waals surface area contributed by atoms with Crippen molar-refractivity contribution in [3.05, 3.63) is 35.5 Å². The fourth-order valence-corrected chi connectivity index (χ4v) is 4.62. The van der Waals surface area contributed by atoms with E-state index in [2.05, 4.69) is 14.9 Å². The fourth-order valence-electron chi connectivity index (χ4n) is 3.13. The van der Waals surface area contributed by atoms with Crippen LogP contribution in [0.2, 0.25) is 0 Å². The molecule has 1 saturated carbocycles. The third kappa shape index (κ3) is 3.25. The van der Waals surface area contributed by atoms with Gasteiger partial charge in [-0.3, -0.25) is 9.69 Å². The van der Waals surface area contributed by atoms with E-state index in [4.69, 9.17) is 4.52 Å². The smallest absolute Gasteiger partial charge is 0.259 e. The lowest BCUT2D eigenvalue weighted by atomic mass is 10.1. The van der Waals surface area contributed by atoms with Gasteiger partial charge in [-0.15, -0.1) is 0 Å². The van der Waals surface area contributed by atoms with E-state index in [9.17, 15) is 18.3 Å². The van der Waals surface area contributed by atoms with Crippen LogP contribution in [0.1, 0.15) is 41.8 Å². The maximum Gasteiger partial charge on any atom is 0.259 e. The Morgan fingerprint density at radius 3 is 2.71 bits per heavy atom. The summed E-state index contributed by atoms with van der Waals surface area (Å²) in [5.74, 6) is 0.0655. The highest BCUT2D eigenvalue weighted by Gasteiger charge is 2.42. The number of aliphatic hydroxyl groups is 1. The Morgan fingerprint density at radius 1 is 1.39 bits per heavy atom. The van der Waals surface area contributed by atoms with Crippen molar-refractivity contribution in [2.45, 2.75) is 50.0 Å². The number of rotatable bonds is 5. The number of anilines is 1. The van der Waals surface area contributed by atoms with Crippen LogP contribution in [0.15, 0.2) is 27.6 Å². The second-order valence-corrected chi connectivity index (χ2v) is 9.15. The summed E-state index contributed by atoms with van der Waals surface area (Å²) in [5, 5.41) is 14.2. The van der Waals surface area contributed by atoms with Gasteiger partial charge in [0.1, 0.15) is 6.54 Å². The van der Waals surface area contributed by atoms with E-state index in [1.807, 2.05) is 6.92 Å². The van der Waals surface area contributed by atoms with Gasteiger partial charge in [0.25, 0.3) is 5.91 Å². The van der Waals surface area contributed by atoms with Crippen LogP contribution in [0.25, 0.3) is 0 Å². The predicted molar refractivity (Wildman–Crippen MR) is 97.7 cm³/mol. The van der Waals surface area contributed by atoms with Crippen molar-refractivity contribution in [3.63, 3.8) is 0 Å². The van der Waals surface area contributed by atoms with Crippen LogP contribution in [0.4, 0.5) is 5.69 Å². The molecule has 1 amide bonds. The molecule has 11 heteroatoms. The highest BCUT2D eigenvalue weighted by atomic mass is 32.2. The summed E-state index contributed by atoms with van der Waals surface area (Å²) >= 11 is 0. The highest BCUT2D eigenvalue weighted by molar-refractivity contribution is 7.89. The van der Waals surface area contributed by atoms with Gasteiger partial charge in [-0.2, -0.15) is 4.98 Å². The second-order valence-electron chi connectivity index (χ2n) is 7.47. The first-order valence-corrected chi connectivity index (χ1v) is 10.3. The molecule has 0 radical (unpaired) electrons. The maximum absolute atomic E-state index is 13.0. The number of amides is 1. The largest absolute Gasteiger partial charge is 0.356 e. The maximum atomic E-state index is 13.0. The van der Waals surface area contributed by atoms with Gasteiger partial charge in [-0.1, -0.05) is 5.16 Å². The van der Waals surface area contributed by atoms with Crippen LogP contribution >= 0.6 is 0 Å². The first-order valence-electron chi connectivity index (χ1n) is 8.79. The minimum absolute atomic E-state index is 0.00565. The second kappa shape index (κ2) is 6.26. The Balaban J connectivity index is 1.68. The Labute approximate surface area is 162 Å². The summed E-state index contributed by atoms with van der Waals surface area (Å²) in [4.78, 5) is 19.7. The van der Waals surface area contributed by atoms with Crippen LogP contribution in [-0.4, -0.2) is 53.4 Å². The SMILES string of the molecule is Cc1noc(CN2C(=O)c3cc(S(=O)(=O)NC4(C)CC4)ccc3N(C)C2O)n1. The minimum Gasteiger partial charge on any atom is -0.356 e. The van der Waals surface area contributed by atoms with E-state index in [1.54, 1.807) is 14.0 Å². The number of nitrogens with zero attached hydrogens (tertiary/aromatic N) is 4. The highest BCUT2D eigenvalue weighted by Crippen LogP contribution is 2.37. The molecule has 0 bridgehead atoms. The van der Waals surface area contributed by atoms with Gasteiger partial charge < -0.3 is 14.5 Å². The number of hydrogen-bond donors (Lipinski definition) is 2. The number of sulfonamides is 1. The standard InChI is InChI=1S/C17H21N5O5S/c1-10-18-14(27-19-10)9-22-15(23)12-8-11(4-5-13(12)21(3)16(22)24)28(25,26)20-17(2)6-7-17/h4-5,8,16,20,24H,6-7,9H2,1-3H3. The molecule has 0 saturated heterocycles. The van der Waals surface area contributed by atoms with Gasteiger partial charge in [0.15, 0.2) is 5.82 Å². The first-order chi connectivity index (χ1) is 13.1. The number of nitrogens with one attached hydrogen (secondary N) is 1. The molecule has 0 spiro atoms. The van der Waals surface area contributed by atoms with Gasteiger partial charge in [-0.25, -0.2) is 13.1 Å². The molecule has 28 heavy (non-hydrogen) atoms. The van der Waals surface area contributed by atoms with Crippen molar-refractivity contribution in [1.29, 1.82) is 0 Å². The molecule has 1 atom stereocenters. The summed E-state index contributed by atoms with van der Waals surface area (Å²) in [6.07, 6.45) is 0.309. The quantitative estimate of drug-likeness (QED) is 0.736. The lowest BCUT2D eigenvalue weighted by molar-refractivity contribution is -0.00360. The summed E-state index contributed by atoms with van der Waals surface area (Å²) in [6, 6.07) is 4.29. The van der Waals surface area contributed by atoms with Crippen LogP contribution in [0, 0.1) is 6.92 Å². The molecule has 1 aromatic heterocycles. The van der Waals surface area contributed by atoms with Crippen molar-refractivity contribution in [2.24, 2.45) is 0 Å².